The number of nitrogens with one attached hydrogen (secondary N) is 1. The molecule has 1 aromatic carbocycles. The average molecular weight is 279 g/mol. The van der Waals surface area contributed by atoms with Crippen molar-refractivity contribution in [2.45, 2.75) is 0 Å². The first-order chi connectivity index (χ1) is 5.15. The number of hydrogen-bond acceptors (Lipinski definition) is 3. The molecule has 11 heavy (non-hydrogen) atoms. The molecule has 0 aliphatic carbocycles. The minimum atomic E-state index is 0.568. The van der Waals surface area contributed by atoms with Gasteiger partial charge in [0.1, 0.15) is 0 Å². The second-order valence-electron chi connectivity index (χ2n) is 1.93. The molecule has 0 spiro atoms. The van der Waals surface area contributed by atoms with Crippen LogP contribution in [0, 0.1) is 5.53 Å². The maximum Gasteiger partial charge on any atom is 0.0874 e. The first-order valence-corrected chi connectivity index (χ1v) is 4.35. The Labute approximate surface area is 80.7 Å². The third kappa shape index (κ3) is 1.78. The lowest BCUT2D eigenvalue weighted by Gasteiger charge is -2.01. The van der Waals surface area contributed by atoms with Crippen LogP contribution in [0.5, 0.6) is 0 Å². The van der Waals surface area contributed by atoms with Crippen LogP contribution in [-0.2, 0) is 0 Å². The van der Waals surface area contributed by atoms with Gasteiger partial charge in [0.15, 0.2) is 0 Å². The minimum Gasteiger partial charge on any atom is -0.397 e. The molecule has 0 amide bonds. The molecule has 0 atom stereocenters. The Morgan fingerprint density at radius 3 is 2.09 bits per heavy atom. The number of nitrogens with zero attached hydrogens (tertiary/aromatic N) is 1. The van der Waals surface area contributed by atoms with E-state index in [0.29, 0.717) is 11.4 Å². The van der Waals surface area contributed by atoms with Crippen molar-refractivity contribution in [3.8, 4) is 0 Å². The van der Waals surface area contributed by atoms with Crippen LogP contribution in [0.4, 0.5) is 11.4 Å². The van der Waals surface area contributed by atoms with E-state index >= 15 is 0 Å². The summed E-state index contributed by atoms with van der Waals surface area (Å²) in [4.78, 5) is 0. The van der Waals surface area contributed by atoms with Gasteiger partial charge in [0.05, 0.1) is 11.4 Å². The number of hydrogen-bond donors (Lipinski definition) is 2. The highest BCUT2D eigenvalue weighted by Crippen LogP contribution is 2.32. The topological polar surface area (TPSA) is 62.2 Å². The molecule has 0 heterocycles. The van der Waals surface area contributed by atoms with Crippen molar-refractivity contribution in [3.63, 3.8) is 0 Å². The van der Waals surface area contributed by atoms with Gasteiger partial charge in [-0.3, -0.25) is 0 Å². The Morgan fingerprint density at radius 1 is 1.27 bits per heavy atom. The molecule has 1 rings (SSSR count). The van der Waals surface area contributed by atoms with Crippen molar-refractivity contribution in [2.75, 3.05) is 5.73 Å². The summed E-state index contributed by atoms with van der Waals surface area (Å²) in [6, 6.07) is 3.38. The molecule has 5 heteroatoms. The molecular formula is C6H5Br2N3. The van der Waals surface area contributed by atoms with Gasteiger partial charge in [-0.15, -0.1) is 0 Å². The first-order valence-electron chi connectivity index (χ1n) is 2.77. The van der Waals surface area contributed by atoms with Gasteiger partial charge >= 0.3 is 0 Å². The Hall–Kier alpha value is -0.420. The van der Waals surface area contributed by atoms with E-state index in [1.54, 1.807) is 12.1 Å². The highest BCUT2D eigenvalue weighted by molar-refractivity contribution is 9.11. The third-order valence-electron chi connectivity index (χ3n) is 1.19. The zero-order valence-corrected chi connectivity index (χ0v) is 8.61. The maximum absolute atomic E-state index is 6.75. The average Bonchev–Trinajstić information content (AvgIpc) is 1.99. The minimum absolute atomic E-state index is 0.568. The van der Waals surface area contributed by atoms with E-state index in [4.69, 9.17) is 11.3 Å². The Bertz CT molecular complexity index is 275. The van der Waals surface area contributed by atoms with Crippen LogP contribution in [0.2, 0.25) is 0 Å². The zero-order valence-electron chi connectivity index (χ0n) is 5.44. The molecule has 0 bridgehead atoms. The lowest BCUT2D eigenvalue weighted by atomic mass is 10.3. The van der Waals surface area contributed by atoms with Crippen LogP contribution in [-0.4, -0.2) is 0 Å². The summed E-state index contributed by atoms with van der Waals surface area (Å²) in [5.74, 6) is 0. The van der Waals surface area contributed by atoms with E-state index in [1.165, 1.54) is 0 Å². The largest absolute Gasteiger partial charge is 0.397 e. The molecule has 0 unspecified atom stereocenters. The summed E-state index contributed by atoms with van der Waals surface area (Å²) in [6.07, 6.45) is 0. The van der Waals surface area contributed by atoms with Crippen molar-refractivity contribution < 1.29 is 0 Å². The first kappa shape index (κ1) is 8.67. The van der Waals surface area contributed by atoms with Gasteiger partial charge in [0, 0.05) is 8.95 Å². The molecular weight excluding hydrogens is 274 g/mol. The van der Waals surface area contributed by atoms with Gasteiger partial charge < -0.3 is 5.73 Å². The zero-order chi connectivity index (χ0) is 8.43. The number of nitrogen functional groups attached to an aromatic ring is 1. The molecule has 0 radical (unpaired) electrons. The third-order valence-corrected chi connectivity index (χ3v) is 2.51. The monoisotopic (exact) mass is 277 g/mol. The Balaban J connectivity index is 3.31. The van der Waals surface area contributed by atoms with Crippen molar-refractivity contribution in [2.24, 2.45) is 5.11 Å². The fraction of sp³-hybridized carbons (Fsp3) is 0. The van der Waals surface area contributed by atoms with Gasteiger partial charge in [0.2, 0.25) is 0 Å². The van der Waals surface area contributed by atoms with Crippen LogP contribution >= 0.6 is 31.9 Å². The van der Waals surface area contributed by atoms with E-state index in [2.05, 4.69) is 37.0 Å². The number of anilines is 1. The number of rotatable bonds is 1. The number of nitrogens with two attached hydrogens (primary N) is 1. The fourth-order valence-corrected chi connectivity index (χ4v) is 1.80. The van der Waals surface area contributed by atoms with E-state index in [1.807, 2.05) is 0 Å². The maximum atomic E-state index is 6.75. The highest BCUT2D eigenvalue weighted by Gasteiger charge is 2.02. The van der Waals surface area contributed by atoms with Gasteiger partial charge in [-0.05, 0) is 44.0 Å². The second kappa shape index (κ2) is 3.32. The summed E-state index contributed by atoms with van der Waals surface area (Å²) >= 11 is 6.48. The molecule has 0 saturated carbocycles. The predicted octanol–water partition coefficient (Wildman–Crippen LogP) is 3.46. The molecule has 58 valence electrons. The Morgan fingerprint density at radius 2 is 1.73 bits per heavy atom. The van der Waals surface area contributed by atoms with Gasteiger partial charge in [-0.25, -0.2) is 5.53 Å². The highest BCUT2D eigenvalue weighted by atomic mass is 79.9. The summed E-state index contributed by atoms with van der Waals surface area (Å²) in [5.41, 5.74) is 13.5. The van der Waals surface area contributed by atoms with Crippen molar-refractivity contribution in [1.82, 2.24) is 0 Å². The predicted molar refractivity (Wildman–Crippen MR) is 51.1 cm³/mol. The standard InChI is InChI=1S/C6H5Br2N3/c7-4-1-3(11-10)2-5(8)6(4)9/h1-2,10H,9H2. The van der Waals surface area contributed by atoms with E-state index in [9.17, 15) is 0 Å². The molecule has 0 aliphatic rings. The van der Waals surface area contributed by atoms with Gasteiger partial charge in [-0.2, -0.15) is 5.11 Å². The second-order valence-corrected chi connectivity index (χ2v) is 3.64. The van der Waals surface area contributed by atoms with E-state index in [-0.39, 0.29) is 0 Å². The SMILES string of the molecule is N=Nc1cc(Br)c(N)c(Br)c1. The van der Waals surface area contributed by atoms with Gasteiger partial charge in [0.25, 0.3) is 0 Å². The van der Waals surface area contributed by atoms with Crippen LogP contribution < -0.4 is 5.73 Å². The van der Waals surface area contributed by atoms with Crippen LogP contribution in [0.3, 0.4) is 0 Å². The lowest BCUT2D eigenvalue weighted by Crippen LogP contribution is -1.87. The van der Waals surface area contributed by atoms with E-state index < -0.39 is 0 Å². The summed E-state index contributed by atoms with van der Waals surface area (Å²) in [5, 5.41) is 3.27. The van der Waals surface area contributed by atoms with Crippen molar-refractivity contribution in [3.05, 3.63) is 21.1 Å². The molecule has 3 nitrogen and oxygen atoms in total. The molecule has 0 saturated heterocycles. The van der Waals surface area contributed by atoms with E-state index in [0.717, 1.165) is 8.95 Å². The Kier molecular flexibility index (Phi) is 2.62. The van der Waals surface area contributed by atoms with Crippen molar-refractivity contribution in [1.29, 1.82) is 5.53 Å². The quantitative estimate of drug-likeness (QED) is 0.600. The lowest BCUT2D eigenvalue weighted by molar-refractivity contribution is 1.15. The smallest absolute Gasteiger partial charge is 0.0874 e. The number of halogens is 2. The summed E-state index contributed by atoms with van der Waals surface area (Å²) < 4.78 is 1.50. The van der Waals surface area contributed by atoms with Crippen LogP contribution in [0.25, 0.3) is 0 Å². The normalized spacial score (nSPS) is 9.64. The molecule has 3 N–H and O–H groups in total. The molecule has 0 aliphatic heterocycles. The molecule has 0 fully saturated rings. The fourth-order valence-electron chi connectivity index (χ4n) is 0.635. The van der Waals surface area contributed by atoms with Crippen LogP contribution in [0.1, 0.15) is 0 Å². The van der Waals surface area contributed by atoms with Crippen molar-refractivity contribution >= 4 is 43.2 Å². The molecule has 1 aromatic rings. The van der Waals surface area contributed by atoms with Gasteiger partial charge in [-0.1, -0.05) is 0 Å². The summed E-state index contributed by atoms with van der Waals surface area (Å²) in [7, 11) is 0. The number of benzene rings is 1. The van der Waals surface area contributed by atoms with Crippen LogP contribution in [0.15, 0.2) is 26.2 Å². The molecule has 0 aromatic heterocycles. The summed E-state index contributed by atoms with van der Waals surface area (Å²) in [6.45, 7) is 0.